The first-order chi connectivity index (χ1) is 34.3. The summed E-state index contributed by atoms with van der Waals surface area (Å²) in [5, 5.41) is 24.6. The number of aromatic carboxylic acids is 1. The van der Waals surface area contributed by atoms with Crippen molar-refractivity contribution >= 4 is 78.7 Å². The average Bonchev–Trinajstić information content (AvgIpc) is 3.92. The fourth-order valence-corrected chi connectivity index (χ4v) is 10.9. The number of likely N-dealkylation sites (tertiary alicyclic amines) is 1. The lowest BCUT2D eigenvalue weighted by Crippen LogP contribution is -2.44. The number of carboxylic acid groups (broad SMARTS) is 1. The lowest BCUT2D eigenvalue weighted by Gasteiger charge is -2.36. The number of rotatable bonds is 14. The first-order valence-electron chi connectivity index (χ1n) is 23.8. The summed E-state index contributed by atoms with van der Waals surface area (Å²) in [5.41, 5.74) is 5.50. The number of carbonyl (C=O) groups is 5. The molecule has 0 bridgehead atoms. The van der Waals surface area contributed by atoms with Crippen molar-refractivity contribution in [1.82, 2.24) is 30.0 Å². The minimum absolute atomic E-state index is 0.105. The van der Waals surface area contributed by atoms with Crippen molar-refractivity contribution in [3.8, 4) is 16.9 Å². The van der Waals surface area contributed by atoms with E-state index >= 15 is 4.39 Å². The number of aromatic nitrogens is 4. The van der Waals surface area contributed by atoms with Crippen LogP contribution in [0.25, 0.3) is 32.2 Å². The van der Waals surface area contributed by atoms with Gasteiger partial charge in [-0.05, 0) is 122 Å². The third kappa shape index (κ3) is 9.94. The maximum absolute atomic E-state index is 16.1. The fraction of sp³-hybridized carbons (Fsp3) is 0.321. The van der Waals surface area contributed by atoms with Gasteiger partial charge in [0.1, 0.15) is 17.2 Å². The number of fused-ring (bicyclic) bond motifs is 3. The summed E-state index contributed by atoms with van der Waals surface area (Å²) in [5.74, 6) is -1.77. The molecule has 6 heterocycles. The van der Waals surface area contributed by atoms with Gasteiger partial charge in [0.25, 0.3) is 5.91 Å². The van der Waals surface area contributed by atoms with E-state index in [-0.39, 0.29) is 61.7 Å². The predicted molar refractivity (Wildman–Crippen MR) is 269 cm³/mol. The highest BCUT2D eigenvalue weighted by Gasteiger charge is 2.35. The zero-order valence-electron chi connectivity index (χ0n) is 39.3. The van der Waals surface area contributed by atoms with E-state index in [1.807, 2.05) is 83.5 Å². The van der Waals surface area contributed by atoms with Gasteiger partial charge in [0.05, 0.1) is 40.5 Å². The molecule has 0 radical (unpaired) electrons. The molecule has 0 saturated carbocycles. The van der Waals surface area contributed by atoms with Gasteiger partial charge in [-0.3, -0.25) is 39.4 Å². The van der Waals surface area contributed by atoms with E-state index < -0.39 is 17.6 Å². The van der Waals surface area contributed by atoms with Crippen LogP contribution in [-0.4, -0.2) is 97.8 Å². The van der Waals surface area contributed by atoms with Crippen molar-refractivity contribution in [2.45, 2.75) is 70.0 Å². The number of hydrogen-bond acceptors (Lipinski definition) is 12. The summed E-state index contributed by atoms with van der Waals surface area (Å²) in [4.78, 5) is 76.9. The zero-order valence-corrected chi connectivity index (χ0v) is 40.1. The number of piperidine rings is 2. The largest absolute Gasteiger partial charge is 0.493 e. The molecule has 7 aromatic rings. The number of ether oxygens (including phenoxy) is 1. The highest BCUT2D eigenvalue weighted by atomic mass is 32.1. The molecule has 3 aliphatic rings. The molecule has 4 amide bonds. The van der Waals surface area contributed by atoms with Gasteiger partial charge in [-0.2, -0.15) is 5.10 Å². The van der Waals surface area contributed by atoms with E-state index in [0.717, 1.165) is 37.8 Å². The molecule has 18 heteroatoms. The Bertz CT molecular complexity index is 3220. The Morgan fingerprint density at radius 2 is 1.75 bits per heavy atom. The Morgan fingerprint density at radius 3 is 2.55 bits per heavy atom. The second-order valence-electron chi connectivity index (χ2n) is 18.5. The number of alkyl halides is 1. The summed E-state index contributed by atoms with van der Waals surface area (Å²) in [6.07, 6.45) is 2.61. The zero-order chi connectivity index (χ0) is 49.4. The Balaban J connectivity index is 0.720. The van der Waals surface area contributed by atoms with Gasteiger partial charge in [0, 0.05) is 61.8 Å². The number of aryl methyl sites for hydroxylation is 1. The molecule has 1 unspecified atom stereocenters. The van der Waals surface area contributed by atoms with Crippen molar-refractivity contribution in [2.75, 3.05) is 48.3 Å². The molecule has 4 N–H and O–H groups in total. The van der Waals surface area contributed by atoms with Crippen LogP contribution in [0.3, 0.4) is 0 Å². The van der Waals surface area contributed by atoms with Crippen LogP contribution in [0.15, 0.2) is 91.0 Å². The van der Waals surface area contributed by atoms with Crippen molar-refractivity contribution in [1.29, 1.82) is 0 Å². The lowest BCUT2D eigenvalue weighted by atomic mass is 9.89. The van der Waals surface area contributed by atoms with E-state index in [0.29, 0.717) is 96.6 Å². The van der Waals surface area contributed by atoms with Gasteiger partial charge in [0.15, 0.2) is 10.8 Å². The SMILES string of the molecule is Cc1c(OCCCC2(F)CCN(CC(=O)Nc3ccc4c(C5CCC(=O)NC5=O)nn(C)c4c3)CC2)cccc1-c1ccc(N2CCc3cccc(C(=O)Nc4nc5ccccc5s4)c3C2)nc1C(=O)O. The first kappa shape index (κ1) is 47.1. The van der Waals surface area contributed by atoms with E-state index in [1.54, 1.807) is 36.0 Å². The second-order valence-corrected chi connectivity index (χ2v) is 19.6. The van der Waals surface area contributed by atoms with Gasteiger partial charge >= 0.3 is 5.97 Å². The van der Waals surface area contributed by atoms with Crippen molar-refractivity contribution < 1.29 is 38.2 Å². The third-order valence-corrected chi connectivity index (χ3v) is 14.8. The van der Waals surface area contributed by atoms with Gasteiger partial charge in [-0.1, -0.05) is 47.7 Å². The lowest BCUT2D eigenvalue weighted by molar-refractivity contribution is -0.134. The number of pyridine rings is 1. The molecule has 0 aliphatic carbocycles. The number of benzene rings is 4. The molecule has 3 aromatic heterocycles. The van der Waals surface area contributed by atoms with Crippen LogP contribution in [0, 0.1) is 6.92 Å². The predicted octanol–water partition coefficient (Wildman–Crippen LogP) is 8.19. The number of nitrogens with one attached hydrogen (secondary N) is 3. The minimum Gasteiger partial charge on any atom is -0.493 e. The number of anilines is 3. The van der Waals surface area contributed by atoms with Crippen molar-refractivity contribution in [3.63, 3.8) is 0 Å². The molecule has 4 aromatic carbocycles. The van der Waals surface area contributed by atoms with E-state index in [2.05, 4.69) is 31.0 Å². The van der Waals surface area contributed by atoms with E-state index in [9.17, 15) is 29.1 Å². The quantitative estimate of drug-likeness (QED) is 0.0603. The number of carboxylic acids is 1. The molecule has 2 fully saturated rings. The molecule has 3 aliphatic heterocycles. The second kappa shape index (κ2) is 19.7. The van der Waals surface area contributed by atoms with Crippen LogP contribution >= 0.6 is 11.3 Å². The van der Waals surface area contributed by atoms with Crippen LogP contribution < -0.4 is 25.6 Å². The molecule has 0 spiro atoms. The number of imide groups is 1. The maximum atomic E-state index is 16.1. The van der Waals surface area contributed by atoms with Crippen molar-refractivity contribution in [2.24, 2.45) is 7.05 Å². The van der Waals surface area contributed by atoms with E-state index in [4.69, 9.17) is 4.74 Å². The molecule has 10 rings (SSSR count). The fourth-order valence-electron chi connectivity index (χ4n) is 10.1. The molecular formula is C53H52FN9O7S. The first-order valence-corrected chi connectivity index (χ1v) is 24.6. The van der Waals surface area contributed by atoms with Gasteiger partial charge < -0.3 is 20.1 Å². The van der Waals surface area contributed by atoms with Crippen LogP contribution in [0.4, 0.5) is 21.0 Å². The smallest absolute Gasteiger partial charge is 0.355 e. The Kier molecular flexibility index (Phi) is 13.1. The van der Waals surface area contributed by atoms with E-state index in [1.165, 1.54) is 11.3 Å². The van der Waals surface area contributed by atoms with Crippen LogP contribution in [0.1, 0.15) is 87.7 Å². The summed E-state index contributed by atoms with van der Waals surface area (Å²) < 4.78 is 24.9. The minimum atomic E-state index is -1.40. The van der Waals surface area contributed by atoms with Gasteiger partial charge in [0.2, 0.25) is 17.7 Å². The Hall–Kier alpha value is -7.57. The number of halogens is 1. The number of thiazole rings is 1. The van der Waals surface area contributed by atoms with Crippen LogP contribution in [0.5, 0.6) is 5.75 Å². The monoisotopic (exact) mass is 977 g/mol. The number of hydrogen-bond donors (Lipinski definition) is 4. The third-order valence-electron chi connectivity index (χ3n) is 13.9. The molecule has 71 heavy (non-hydrogen) atoms. The number of para-hydroxylation sites is 1. The maximum Gasteiger partial charge on any atom is 0.355 e. The number of amides is 4. The number of nitrogens with zero attached hydrogens (tertiary/aromatic N) is 6. The molecular weight excluding hydrogens is 926 g/mol. The summed E-state index contributed by atoms with van der Waals surface area (Å²) in [6.45, 7) is 4.05. The summed E-state index contributed by atoms with van der Waals surface area (Å²) in [6, 6.07) is 27.8. The standard InChI is InChI=1S/C53H52FN9O7S/c1-31-34(35-16-18-44(57-48(35)51(68)69)63-24-20-32-8-5-10-36(39(32)29-63)49(66)59-52-56-40-11-3-4-13-43(40)71-52)9-6-12-42(31)70-27-7-21-53(54)22-25-62(26-23-53)30-46(65)55-33-14-15-37-41(28-33)61(2)60-47(37)38-17-19-45(64)58-50(38)67/h3-6,8-16,18,28,38H,7,17,19-27,29-30H2,1-2H3,(H,55,65)(H,68,69)(H,56,59,66)(H,58,64,67). The average molecular weight is 978 g/mol. The van der Waals surface area contributed by atoms with Gasteiger partial charge in [-0.15, -0.1) is 0 Å². The summed E-state index contributed by atoms with van der Waals surface area (Å²) >= 11 is 1.41. The highest BCUT2D eigenvalue weighted by molar-refractivity contribution is 7.22. The molecule has 16 nitrogen and oxygen atoms in total. The Labute approximate surface area is 412 Å². The van der Waals surface area contributed by atoms with Crippen LogP contribution in [0.2, 0.25) is 0 Å². The molecule has 2 saturated heterocycles. The van der Waals surface area contributed by atoms with Crippen LogP contribution in [-0.2, 0) is 34.4 Å². The van der Waals surface area contributed by atoms with Crippen molar-refractivity contribution in [3.05, 3.63) is 125 Å². The van der Waals surface area contributed by atoms with Gasteiger partial charge in [-0.25, -0.2) is 19.2 Å². The molecule has 1 atom stereocenters. The molecule has 364 valence electrons. The summed E-state index contributed by atoms with van der Waals surface area (Å²) in [7, 11) is 1.77. The normalized spacial score (nSPS) is 16.9. The number of carbonyl (C=O) groups excluding carboxylic acids is 4. The topological polar surface area (TPSA) is 201 Å². The highest BCUT2D eigenvalue weighted by Crippen LogP contribution is 2.37. The Morgan fingerprint density at radius 1 is 0.930 bits per heavy atom.